The van der Waals surface area contributed by atoms with E-state index in [0.29, 0.717) is 51.1 Å². The molecule has 0 bridgehead atoms. The standard InChI is InChI=1S/C21H34O3.2C19H30O3.C18H28O3/c1-4-6-8-10-14-19(13-7-5-2)21(22)24-18(3)17-23-20-15-11-9-12-16-20;1-15(2)9-8-10-16(3)13-19(20)22-17(4)14-21-18-11-6-5-7-12-18;1-4-6-8-12-17(11-5-2)19(20)22-16(3)15-21-18-13-9-7-10-14-18;1-14(12-18(3,4)5)11-17(19)21-15(2)13-20-16-9-7-6-8-10-16/h9,11-12,15-16,18-19H,4-8,10,13-14,17H2,1-3H3;5-7,11-12,15-17H,8-10,13-14H2,1-4H3;7,9-10,13-14,16-17H,4-6,8,11-12,15H2,1-3H3;6-10,14-15H,11-13H2,1-5H3. The average Bonchev–Trinajstić information content (AvgIpc) is 3.64. The maximum atomic E-state index is 12.5. The highest BCUT2D eigenvalue weighted by molar-refractivity contribution is 5.73. The van der Waals surface area contributed by atoms with E-state index in [4.69, 9.17) is 37.9 Å². The Bertz CT molecular complexity index is 2320. The lowest BCUT2D eigenvalue weighted by Gasteiger charge is -2.23. The van der Waals surface area contributed by atoms with Crippen LogP contribution in [0.4, 0.5) is 0 Å². The molecule has 0 saturated carbocycles. The summed E-state index contributed by atoms with van der Waals surface area (Å²) in [7, 11) is 0. The first kappa shape index (κ1) is 81.0. The van der Waals surface area contributed by atoms with Crippen LogP contribution < -0.4 is 18.9 Å². The monoisotopic (exact) mass is 1240 g/mol. The first-order valence-electron chi connectivity index (χ1n) is 34.1. The fourth-order valence-corrected chi connectivity index (χ4v) is 9.87. The molecule has 0 aliphatic heterocycles. The predicted octanol–water partition coefficient (Wildman–Crippen LogP) is 20.1. The molecule has 8 unspecified atom stereocenters. The summed E-state index contributed by atoms with van der Waals surface area (Å²) in [5, 5.41) is 0. The Balaban J connectivity index is 0.000000594. The minimum atomic E-state index is -0.237. The van der Waals surface area contributed by atoms with Crippen LogP contribution in [-0.2, 0) is 38.1 Å². The van der Waals surface area contributed by atoms with Gasteiger partial charge >= 0.3 is 23.9 Å². The second kappa shape index (κ2) is 50.7. The van der Waals surface area contributed by atoms with E-state index < -0.39 is 0 Å². The molecule has 8 atom stereocenters. The number of carbonyl (C=O) groups excluding carboxylic acids is 4. The van der Waals surface area contributed by atoms with Crippen molar-refractivity contribution in [1.29, 1.82) is 0 Å². The van der Waals surface area contributed by atoms with E-state index in [9.17, 15) is 19.2 Å². The number of rotatable bonds is 41. The predicted molar refractivity (Wildman–Crippen MR) is 365 cm³/mol. The molecule has 0 N–H and O–H groups in total. The average molecular weight is 1240 g/mol. The van der Waals surface area contributed by atoms with E-state index in [0.717, 1.165) is 99.5 Å². The molecule has 0 aliphatic rings. The zero-order valence-corrected chi connectivity index (χ0v) is 58.1. The molecule has 0 amide bonds. The van der Waals surface area contributed by atoms with Crippen LogP contribution >= 0.6 is 0 Å². The smallest absolute Gasteiger partial charge is 0.309 e. The largest absolute Gasteiger partial charge is 0.490 e. The molecule has 4 rings (SSSR count). The molecule has 0 heterocycles. The van der Waals surface area contributed by atoms with Crippen molar-refractivity contribution < 1.29 is 57.1 Å². The number of carbonyl (C=O) groups is 4. The van der Waals surface area contributed by atoms with E-state index >= 15 is 0 Å². The van der Waals surface area contributed by atoms with Gasteiger partial charge in [0.2, 0.25) is 0 Å². The Morgan fingerprint density at radius 3 is 1.02 bits per heavy atom. The van der Waals surface area contributed by atoms with Gasteiger partial charge in [-0.25, -0.2) is 0 Å². The molecule has 502 valence electrons. The van der Waals surface area contributed by atoms with Gasteiger partial charge in [0, 0.05) is 12.8 Å². The number of benzene rings is 4. The minimum Gasteiger partial charge on any atom is -0.490 e. The summed E-state index contributed by atoms with van der Waals surface area (Å²) >= 11 is 0. The van der Waals surface area contributed by atoms with Crippen LogP contribution in [0.2, 0.25) is 0 Å². The van der Waals surface area contributed by atoms with Crippen LogP contribution in [0, 0.1) is 35.0 Å². The van der Waals surface area contributed by atoms with Crippen molar-refractivity contribution in [2.24, 2.45) is 35.0 Å². The highest BCUT2D eigenvalue weighted by Gasteiger charge is 2.24. The Labute approximate surface area is 541 Å². The molecule has 0 aliphatic carbocycles. The molecule has 0 fully saturated rings. The van der Waals surface area contributed by atoms with Crippen LogP contribution in [0.5, 0.6) is 23.0 Å². The SMILES string of the molecule is CC(C)CCCC(C)CC(=O)OC(C)COc1ccccc1.CC(CC(=O)OC(C)COc1ccccc1)CC(C)(C)C.CCCCCC(CCC)C(=O)OC(C)COc1ccccc1.CCCCCCC(CCCC)C(=O)OC(C)COc1ccccc1. The molecule has 12 nitrogen and oxygen atoms in total. The number of hydrogen-bond acceptors (Lipinski definition) is 12. The van der Waals surface area contributed by atoms with Gasteiger partial charge in [-0.05, 0) is 131 Å². The normalized spacial score (nSPS) is 13.7. The first-order chi connectivity index (χ1) is 42.6. The van der Waals surface area contributed by atoms with Crippen molar-refractivity contribution in [3.8, 4) is 23.0 Å². The molecule has 0 radical (unpaired) electrons. The lowest BCUT2D eigenvalue weighted by molar-refractivity contribution is -0.156. The van der Waals surface area contributed by atoms with E-state index in [1.807, 2.05) is 149 Å². The summed E-state index contributed by atoms with van der Waals surface area (Å²) in [6, 6.07) is 38.4. The van der Waals surface area contributed by atoms with E-state index in [1.165, 1.54) is 44.9 Å². The zero-order valence-electron chi connectivity index (χ0n) is 58.1. The van der Waals surface area contributed by atoms with Crippen LogP contribution in [0.1, 0.15) is 232 Å². The lowest BCUT2D eigenvalue weighted by atomic mass is 9.84. The van der Waals surface area contributed by atoms with Crippen molar-refractivity contribution in [1.82, 2.24) is 0 Å². The van der Waals surface area contributed by atoms with Crippen molar-refractivity contribution in [3.63, 3.8) is 0 Å². The second-order valence-electron chi connectivity index (χ2n) is 26.0. The summed E-state index contributed by atoms with van der Waals surface area (Å²) in [6.07, 6.45) is 19.8. The Kier molecular flexibility index (Phi) is 46.1. The highest BCUT2D eigenvalue weighted by atomic mass is 16.6. The Morgan fingerprint density at radius 1 is 0.348 bits per heavy atom. The highest BCUT2D eigenvalue weighted by Crippen LogP contribution is 2.27. The van der Waals surface area contributed by atoms with E-state index in [1.54, 1.807) is 0 Å². The molecule has 0 saturated heterocycles. The van der Waals surface area contributed by atoms with Crippen molar-refractivity contribution in [2.45, 2.75) is 257 Å². The van der Waals surface area contributed by atoms with Gasteiger partial charge in [0.05, 0.1) is 11.8 Å². The van der Waals surface area contributed by atoms with E-state index in [2.05, 4.69) is 76.2 Å². The number of unbranched alkanes of at least 4 members (excludes halogenated alkanes) is 6. The van der Waals surface area contributed by atoms with Gasteiger partial charge in [-0.2, -0.15) is 0 Å². The van der Waals surface area contributed by atoms with Crippen molar-refractivity contribution in [3.05, 3.63) is 121 Å². The summed E-state index contributed by atoms with van der Waals surface area (Å²) in [4.78, 5) is 48.5. The molecule has 0 spiro atoms. The van der Waals surface area contributed by atoms with Crippen LogP contribution in [0.15, 0.2) is 121 Å². The second-order valence-corrected chi connectivity index (χ2v) is 26.0. The van der Waals surface area contributed by atoms with Crippen LogP contribution in [0.25, 0.3) is 0 Å². The molecule has 0 aromatic heterocycles. The molecule has 4 aromatic rings. The number of para-hydroxylation sites is 4. The van der Waals surface area contributed by atoms with Gasteiger partial charge in [-0.1, -0.05) is 232 Å². The molecule has 12 heteroatoms. The maximum Gasteiger partial charge on any atom is 0.309 e. The summed E-state index contributed by atoms with van der Waals surface area (Å²) in [6.45, 7) is 32.9. The number of hydrogen-bond donors (Lipinski definition) is 0. The fourth-order valence-electron chi connectivity index (χ4n) is 9.87. The third-order valence-corrected chi connectivity index (χ3v) is 14.5. The minimum absolute atomic E-state index is 0.0377. The third kappa shape index (κ3) is 45.8. The van der Waals surface area contributed by atoms with E-state index in [-0.39, 0.29) is 65.5 Å². The maximum absolute atomic E-state index is 12.5. The molecular formula is C77H122O12. The van der Waals surface area contributed by atoms with Crippen molar-refractivity contribution in [2.75, 3.05) is 26.4 Å². The number of esters is 4. The quantitative estimate of drug-likeness (QED) is 0.0237. The lowest BCUT2D eigenvalue weighted by Crippen LogP contribution is -2.26. The molecular weight excluding hydrogens is 1120 g/mol. The van der Waals surface area contributed by atoms with Crippen molar-refractivity contribution >= 4 is 23.9 Å². The zero-order chi connectivity index (χ0) is 66.1. The molecule has 89 heavy (non-hydrogen) atoms. The topological polar surface area (TPSA) is 142 Å². The molecule has 4 aromatic carbocycles. The van der Waals surface area contributed by atoms with Gasteiger partial charge in [-0.15, -0.1) is 0 Å². The van der Waals surface area contributed by atoms with Gasteiger partial charge < -0.3 is 37.9 Å². The first-order valence-corrected chi connectivity index (χ1v) is 34.1. The van der Waals surface area contributed by atoms with Gasteiger partial charge in [0.15, 0.2) is 0 Å². The van der Waals surface area contributed by atoms with Gasteiger partial charge in [-0.3, -0.25) is 19.2 Å². The Morgan fingerprint density at radius 2 is 0.674 bits per heavy atom. The fraction of sp³-hybridized carbons (Fsp3) is 0.636. The third-order valence-electron chi connectivity index (χ3n) is 14.5. The van der Waals surface area contributed by atoms with Crippen LogP contribution in [-0.4, -0.2) is 74.7 Å². The van der Waals surface area contributed by atoms with Gasteiger partial charge in [0.25, 0.3) is 0 Å². The summed E-state index contributed by atoms with van der Waals surface area (Å²) < 4.78 is 44.4. The van der Waals surface area contributed by atoms with Gasteiger partial charge in [0.1, 0.15) is 73.8 Å². The van der Waals surface area contributed by atoms with Crippen LogP contribution in [0.3, 0.4) is 0 Å². The Hall–Kier alpha value is -6.04. The number of ether oxygens (including phenoxy) is 8. The summed E-state index contributed by atoms with van der Waals surface area (Å²) in [5.74, 6) is 4.34. The summed E-state index contributed by atoms with van der Waals surface area (Å²) in [5.41, 5.74) is 0.238.